The van der Waals surface area contributed by atoms with Crippen molar-refractivity contribution < 1.29 is 28.6 Å². The molecule has 0 aliphatic heterocycles. The highest BCUT2D eigenvalue weighted by molar-refractivity contribution is 5.71. The largest absolute Gasteiger partial charge is 0.462 e. The van der Waals surface area contributed by atoms with Crippen LogP contribution in [0, 0.1) is 11.8 Å². The minimum Gasteiger partial charge on any atom is -0.462 e. The van der Waals surface area contributed by atoms with Gasteiger partial charge >= 0.3 is 17.9 Å². The van der Waals surface area contributed by atoms with Gasteiger partial charge in [-0.25, -0.2) is 0 Å². The number of hydrogen-bond donors (Lipinski definition) is 0. The lowest BCUT2D eigenvalue weighted by molar-refractivity contribution is -0.167. The maximum atomic E-state index is 12.8. The van der Waals surface area contributed by atoms with E-state index in [4.69, 9.17) is 14.2 Å². The molecule has 0 N–H and O–H groups in total. The predicted molar refractivity (Wildman–Crippen MR) is 252 cm³/mol. The Morgan fingerprint density at radius 3 is 0.966 bits per heavy atom. The lowest BCUT2D eigenvalue weighted by Gasteiger charge is -2.18. The summed E-state index contributed by atoms with van der Waals surface area (Å²) in [7, 11) is 0. The van der Waals surface area contributed by atoms with Crippen molar-refractivity contribution in [3.63, 3.8) is 0 Å². The number of unbranched alkanes of at least 4 members (excludes halogenated alkanes) is 31. The number of carbonyl (C=O) groups is 3. The van der Waals surface area contributed by atoms with E-state index in [0.29, 0.717) is 19.3 Å². The van der Waals surface area contributed by atoms with Crippen LogP contribution in [0.3, 0.4) is 0 Å². The molecule has 59 heavy (non-hydrogen) atoms. The highest BCUT2D eigenvalue weighted by Gasteiger charge is 2.19. The Morgan fingerprint density at radius 2 is 0.644 bits per heavy atom. The number of ether oxygens (including phenoxy) is 3. The SMILES string of the molecule is CCCCCCCCCCCCCCCC(=O)O[C@H](COC(=O)CCCCCCCCCCCCCC(C)C)COC(=O)CCCCCCCCCCCCC(C)CC. The molecule has 0 amide bonds. The van der Waals surface area contributed by atoms with Crippen LogP contribution in [0.2, 0.25) is 0 Å². The van der Waals surface area contributed by atoms with E-state index in [0.717, 1.165) is 69.6 Å². The normalized spacial score (nSPS) is 12.5. The van der Waals surface area contributed by atoms with E-state index in [1.807, 2.05) is 0 Å². The quantitative estimate of drug-likeness (QED) is 0.0345. The maximum absolute atomic E-state index is 12.8. The molecule has 0 aromatic carbocycles. The van der Waals surface area contributed by atoms with Gasteiger partial charge in [0.1, 0.15) is 13.2 Å². The first-order valence-electron chi connectivity index (χ1n) is 26.3. The van der Waals surface area contributed by atoms with Gasteiger partial charge in [-0.1, -0.05) is 253 Å². The second-order valence-electron chi connectivity index (χ2n) is 18.9. The molecule has 0 aromatic rings. The minimum absolute atomic E-state index is 0.0637. The van der Waals surface area contributed by atoms with E-state index in [1.165, 1.54) is 180 Å². The molecular weight excluding hydrogens is 733 g/mol. The van der Waals surface area contributed by atoms with Gasteiger partial charge in [-0.3, -0.25) is 14.4 Å². The molecule has 0 radical (unpaired) electrons. The van der Waals surface area contributed by atoms with Crippen LogP contribution in [0.5, 0.6) is 0 Å². The van der Waals surface area contributed by atoms with Crippen molar-refractivity contribution in [2.45, 2.75) is 298 Å². The fourth-order valence-corrected chi connectivity index (χ4v) is 7.96. The topological polar surface area (TPSA) is 78.9 Å². The lowest BCUT2D eigenvalue weighted by Crippen LogP contribution is -2.30. The Hall–Kier alpha value is -1.59. The molecule has 350 valence electrons. The molecule has 0 rings (SSSR count). The molecule has 0 aliphatic rings. The fraction of sp³-hybridized carbons (Fsp3) is 0.943. The Kier molecular flexibility index (Phi) is 44.7. The van der Waals surface area contributed by atoms with E-state index in [9.17, 15) is 14.4 Å². The predicted octanol–water partition coefficient (Wildman–Crippen LogP) is 16.9. The summed E-state index contributed by atoms with van der Waals surface area (Å²) in [6.07, 6.45) is 46.5. The average molecular weight is 835 g/mol. The summed E-state index contributed by atoms with van der Waals surface area (Å²) in [6.45, 7) is 11.4. The molecule has 0 saturated carbocycles. The smallest absolute Gasteiger partial charge is 0.306 e. The molecule has 0 heterocycles. The summed E-state index contributed by atoms with van der Waals surface area (Å²) in [5.74, 6) is 0.850. The third-order valence-corrected chi connectivity index (χ3v) is 12.3. The van der Waals surface area contributed by atoms with Crippen LogP contribution in [-0.2, 0) is 28.6 Å². The molecule has 6 nitrogen and oxygen atoms in total. The third kappa shape index (κ3) is 45.8. The second kappa shape index (κ2) is 45.9. The summed E-state index contributed by atoms with van der Waals surface area (Å²) < 4.78 is 16.8. The molecular formula is C53H102O6. The van der Waals surface area contributed by atoms with Crippen LogP contribution < -0.4 is 0 Å². The molecule has 0 fully saturated rings. The van der Waals surface area contributed by atoms with Crippen molar-refractivity contribution in [3.8, 4) is 0 Å². The maximum Gasteiger partial charge on any atom is 0.306 e. The Balaban J connectivity index is 4.33. The van der Waals surface area contributed by atoms with Gasteiger partial charge in [0, 0.05) is 19.3 Å². The van der Waals surface area contributed by atoms with Crippen molar-refractivity contribution in [3.05, 3.63) is 0 Å². The zero-order valence-electron chi connectivity index (χ0n) is 40.4. The zero-order valence-corrected chi connectivity index (χ0v) is 40.4. The van der Waals surface area contributed by atoms with Crippen LogP contribution in [0.1, 0.15) is 291 Å². The highest BCUT2D eigenvalue weighted by atomic mass is 16.6. The number of esters is 3. The number of carbonyl (C=O) groups excluding carboxylic acids is 3. The van der Waals surface area contributed by atoms with Gasteiger partial charge in [-0.15, -0.1) is 0 Å². The average Bonchev–Trinajstić information content (AvgIpc) is 3.22. The zero-order chi connectivity index (χ0) is 43.3. The van der Waals surface area contributed by atoms with Crippen LogP contribution >= 0.6 is 0 Å². The van der Waals surface area contributed by atoms with Gasteiger partial charge in [-0.2, -0.15) is 0 Å². The van der Waals surface area contributed by atoms with E-state index < -0.39 is 6.10 Å². The minimum atomic E-state index is -0.761. The van der Waals surface area contributed by atoms with Gasteiger partial charge in [0.05, 0.1) is 0 Å². The van der Waals surface area contributed by atoms with Gasteiger partial charge in [0.25, 0.3) is 0 Å². The molecule has 0 aliphatic carbocycles. The molecule has 1 unspecified atom stereocenters. The van der Waals surface area contributed by atoms with E-state index in [2.05, 4.69) is 34.6 Å². The van der Waals surface area contributed by atoms with Gasteiger partial charge < -0.3 is 14.2 Å². The Morgan fingerprint density at radius 1 is 0.356 bits per heavy atom. The molecule has 0 spiro atoms. The number of hydrogen-bond acceptors (Lipinski definition) is 6. The van der Waals surface area contributed by atoms with E-state index >= 15 is 0 Å². The fourth-order valence-electron chi connectivity index (χ4n) is 7.96. The van der Waals surface area contributed by atoms with Crippen molar-refractivity contribution >= 4 is 17.9 Å². The van der Waals surface area contributed by atoms with Crippen molar-refractivity contribution in [2.24, 2.45) is 11.8 Å². The first-order valence-corrected chi connectivity index (χ1v) is 26.3. The second-order valence-corrected chi connectivity index (χ2v) is 18.9. The van der Waals surface area contributed by atoms with Crippen LogP contribution in [0.4, 0.5) is 0 Å². The molecule has 0 bridgehead atoms. The van der Waals surface area contributed by atoms with Crippen LogP contribution in [0.25, 0.3) is 0 Å². The van der Waals surface area contributed by atoms with Crippen molar-refractivity contribution in [1.82, 2.24) is 0 Å². The Labute approximate surface area is 368 Å². The Bertz CT molecular complexity index is 902. The highest BCUT2D eigenvalue weighted by Crippen LogP contribution is 2.18. The number of rotatable bonds is 47. The monoisotopic (exact) mass is 835 g/mol. The summed E-state index contributed by atoms with van der Waals surface area (Å²) in [5, 5.41) is 0. The van der Waals surface area contributed by atoms with Gasteiger partial charge in [0.15, 0.2) is 6.10 Å². The molecule has 0 aromatic heterocycles. The first-order chi connectivity index (χ1) is 28.8. The first kappa shape index (κ1) is 57.4. The summed E-state index contributed by atoms with van der Waals surface area (Å²) in [5.41, 5.74) is 0. The van der Waals surface area contributed by atoms with Gasteiger partial charge in [0.2, 0.25) is 0 Å². The van der Waals surface area contributed by atoms with Crippen molar-refractivity contribution in [2.75, 3.05) is 13.2 Å². The van der Waals surface area contributed by atoms with Gasteiger partial charge in [-0.05, 0) is 31.1 Å². The summed E-state index contributed by atoms with van der Waals surface area (Å²) >= 11 is 0. The lowest BCUT2D eigenvalue weighted by atomic mass is 9.99. The molecule has 6 heteroatoms. The van der Waals surface area contributed by atoms with Crippen molar-refractivity contribution in [1.29, 1.82) is 0 Å². The van der Waals surface area contributed by atoms with Crippen LogP contribution in [0.15, 0.2) is 0 Å². The standard InChI is InChI=1S/C53H102O6/c1-6-8-9-10-11-12-13-14-17-25-30-35-40-45-53(56)59-50(46-57-51(54)43-38-33-28-23-18-15-16-21-26-31-36-41-48(3)4)47-58-52(55)44-39-34-29-24-20-19-22-27-32-37-42-49(5)7-2/h48-50H,6-47H2,1-5H3/t49?,50-/m1/s1. The summed E-state index contributed by atoms with van der Waals surface area (Å²) in [4.78, 5) is 38.0. The molecule has 0 saturated heterocycles. The van der Waals surface area contributed by atoms with E-state index in [-0.39, 0.29) is 31.1 Å². The molecule has 2 atom stereocenters. The third-order valence-electron chi connectivity index (χ3n) is 12.3. The summed E-state index contributed by atoms with van der Waals surface area (Å²) in [6, 6.07) is 0. The van der Waals surface area contributed by atoms with E-state index in [1.54, 1.807) is 0 Å². The van der Waals surface area contributed by atoms with Crippen LogP contribution in [-0.4, -0.2) is 37.2 Å².